The molecule has 0 bridgehead atoms. The Hall–Kier alpha value is -2.01. The number of aryl methyl sites for hydroxylation is 1. The zero-order valence-electron chi connectivity index (χ0n) is 10.8. The van der Waals surface area contributed by atoms with Gasteiger partial charge in [0, 0.05) is 36.2 Å². The zero-order chi connectivity index (χ0) is 13.1. The lowest BCUT2D eigenvalue weighted by atomic mass is 10.3. The van der Waals surface area contributed by atoms with Gasteiger partial charge in [-0.2, -0.15) is 0 Å². The van der Waals surface area contributed by atoms with E-state index in [9.17, 15) is 0 Å². The molecule has 1 saturated carbocycles. The van der Waals surface area contributed by atoms with Crippen molar-refractivity contribution in [1.29, 1.82) is 0 Å². The van der Waals surface area contributed by atoms with Gasteiger partial charge in [0.25, 0.3) is 0 Å². The lowest BCUT2D eigenvalue weighted by Gasteiger charge is -2.05. The fraction of sp³-hybridized carbons (Fsp3) is 0.357. The number of nitrogens with zero attached hydrogens (tertiary/aromatic N) is 3. The molecular formula is C14H16N4O. The summed E-state index contributed by atoms with van der Waals surface area (Å²) >= 11 is 0. The maximum atomic E-state index is 5.52. The van der Waals surface area contributed by atoms with Gasteiger partial charge in [-0.1, -0.05) is 0 Å². The smallest absolute Gasteiger partial charge is 0.321 e. The van der Waals surface area contributed by atoms with Crippen LogP contribution in [0.15, 0.2) is 30.7 Å². The maximum Gasteiger partial charge on any atom is 0.321 e. The predicted octanol–water partition coefficient (Wildman–Crippen LogP) is 2.22. The van der Waals surface area contributed by atoms with Gasteiger partial charge in [0.1, 0.15) is 5.75 Å². The highest BCUT2D eigenvalue weighted by molar-refractivity contribution is 5.22. The fourth-order valence-corrected chi connectivity index (χ4v) is 1.66. The Morgan fingerprint density at radius 2 is 1.95 bits per heavy atom. The van der Waals surface area contributed by atoms with E-state index in [1.807, 2.05) is 19.1 Å². The number of aromatic nitrogens is 3. The first-order chi connectivity index (χ1) is 9.29. The summed E-state index contributed by atoms with van der Waals surface area (Å²) < 4.78 is 5.52. The molecule has 2 heterocycles. The predicted molar refractivity (Wildman–Crippen MR) is 70.9 cm³/mol. The van der Waals surface area contributed by atoms with Crippen LogP contribution in [0.5, 0.6) is 11.8 Å². The first-order valence-electron chi connectivity index (χ1n) is 6.44. The molecule has 2 aromatic rings. The number of nitrogens with one attached hydrogen (secondary N) is 1. The van der Waals surface area contributed by atoms with E-state index in [1.165, 1.54) is 12.8 Å². The fourth-order valence-electron chi connectivity index (χ4n) is 1.66. The Morgan fingerprint density at radius 1 is 1.16 bits per heavy atom. The second kappa shape index (κ2) is 5.32. The highest BCUT2D eigenvalue weighted by atomic mass is 16.5. The quantitative estimate of drug-likeness (QED) is 0.888. The van der Waals surface area contributed by atoms with Crippen LogP contribution in [0.3, 0.4) is 0 Å². The van der Waals surface area contributed by atoms with E-state index in [4.69, 9.17) is 4.74 Å². The molecule has 3 rings (SSSR count). The largest absolute Gasteiger partial charge is 0.423 e. The molecular weight excluding hydrogens is 240 g/mol. The lowest BCUT2D eigenvalue weighted by molar-refractivity contribution is 0.438. The van der Waals surface area contributed by atoms with Crippen molar-refractivity contribution in [2.45, 2.75) is 32.4 Å². The third kappa shape index (κ3) is 3.48. The summed E-state index contributed by atoms with van der Waals surface area (Å²) in [5.41, 5.74) is 2.02. The highest BCUT2D eigenvalue weighted by Gasteiger charge is 2.19. The molecule has 0 amide bonds. The van der Waals surface area contributed by atoms with Gasteiger partial charge in [-0.05, 0) is 31.9 Å². The number of rotatable bonds is 5. The Bertz CT molecular complexity index is 534. The Morgan fingerprint density at radius 3 is 2.58 bits per heavy atom. The van der Waals surface area contributed by atoms with Gasteiger partial charge in [-0.25, -0.2) is 9.97 Å². The minimum Gasteiger partial charge on any atom is -0.423 e. The lowest BCUT2D eigenvalue weighted by Crippen LogP contribution is -2.15. The summed E-state index contributed by atoms with van der Waals surface area (Å²) in [6.45, 7) is 2.75. The van der Waals surface area contributed by atoms with Crippen LogP contribution in [0, 0.1) is 6.92 Å². The van der Waals surface area contributed by atoms with Gasteiger partial charge in [-0.3, -0.25) is 4.98 Å². The van der Waals surface area contributed by atoms with Crippen LogP contribution in [0.1, 0.15) is 24.1 Å². The molecule has 0 radical (unpaired) electrons. The molecule has 1 aliphatic carbocycles. The number of hydrogen-bond donors (Lipinski definition) is 1. The van der Waals surface area contributed by atoms with Crippen molar-refractivity contribution in [3.8, 4) is 11.8 Å². The monoisotopic (exact) mass is 256 g/mol. The summed E-state index contributed by atoms with van der Waals surface area (Å²) in [6.07, 6.45) is 7.81. The van der Waals surface area contributed by atoms with Crippen LogP contribution >= 0.6 is 0 Å². The van der Waals surface area contributed by atoms with Crippen molar-refractivity contribution < 1.29 is 4.74 Å². The first kappa shape index (κ1) is 12.0. The van der Waals surface area contributed by atoms with Gasteiger partial charge < -0.3 is 10.1 Å². The van der Waals surface area contributed by atoms with Gasteiger partial charge in [0.2, 0.25) is 0 Å². The average Bonchev–Trinajstić information content (AvgIpc) is 3.25. The van der Waals surface area contributed by atoms with E-state index in [1.54, 1.807) is 18.6 Å². The molecule has 0 aromatic carbocycles. The highest BCUT2D eigenvalue weighted by Crippen LogP contribution is 2.19. The third-order valence-electron chi connectivity index (χ3n) is 2.95. The molecule has 0 unspecified atom stereocenters. The normalized spacial score (nSPS) is 14.4. The molecule has 1 aliphatic rings. The minimum absolute atomic E-state index is 0.348. The summed E-state index contributed by atoms with van der Waals surface area (Å²) in [4.78, 5) is 12.5. The molecule has 0 saturated heterocycles. The summed E-state index contributed by atoms with van der Waals surface area (Å²) in [5, 5.41) is 3.42. The van der Waals surface area contributed by atoms with Crippen molar-refractivity contribution in [2.75, 3.05) is 0 Å². The van der Waals surface area contributed by atoms with Gasteiger partial charge >= 0.3 is 6.01 Å². The topological polar surface area (TPSA) is 59.9 Å². The number of hydrogen-bond acceptors (Lipinski definition) is 5. The molecule has 0 spiro atoms. The summed E-state index contributed by atoms with van der Waals surface area (Å²) in [6, 6.07) is 4.78. The second-order valence-electron chi connectivity index (χ2n) is 4.77. The van der Waals surface area contributed by atoms with E-state index in [2.05, 4.69) is 20.3 Å². The number of ether oxygens (including phenoxy) is 1. The molecule has 5 nitrogen and oxygen atoms in total. The van der Waals surface area contributed by atoms with Crippen molar-refractivity contribution in [1.82, 2.24) is 20.3 Å². The third-order valence-corrected chi connectivity index (χ3v) is 2.95. The van der Waals surface area contributed by atoms with Crippen LogP contribution in [0.4, 0.5) is 0 Å². The first-order valence-corrected chi connectivity index (χ1v) is 6.44. The van der Waals surface area contributed by atoms with E-state index < -0.39 is 0 Å². The maximum absolute atomic E-state index is 5.52. The van der Waals surface area contributed by atoms with E-state index in [0.717, 1.165) is 17.8 Å². The second-order valence-corrected chi connectivity index (χ2v) is 4.77. The Kier molecular flexibility index (Phi) is 3.37. The van der Waals surface area contributed by atoms with Crippen LogP contribution in [0.25, 0.3) is 0 Å². The van der Waals surface area contributed by atoms with E-state index in [0.29, 0.717) is 17.8 Å². The van der Waals surface area contributed by atoms with E-state index >= 15 is 0 Å². The Labute approximate surface area is 112 Å². The molecule has 98 valence electrons. The van der Waals surface area contributed by atoms with Crippen LogP contribution in [-0.4, -0.2) is 21.0 Å². The molecule has 19 heavy (non-hydrogen) atoms. The molecule has 5 heteroatoms. The number of pyridine rings is 1. The van der Waals surface area contributed by atoms with Crippen LogP contribution in [-0.2, 0) is 6.54 Å². The van der Waals surface area contributed by atoms with Crippen molar-refractivity contribution >= 4 is 0 Å². The molecule has 1 fully saturated rings. The van der Waals surface area contributed by atoms with Crippen LogP contribution < -0.4 is 10.1 Å². The van der Waals surface area contributed by atoms with Crippen LogP contribution in [0.2, 0.25) is 0 Å². The zero-order valence-corrected chi connectivity index (χ0v) is 10.8. The molecule has 0 aliphatic heterocycles. The Balaban J connectivity index is 1.59. The standard InChI is InChI=1S/C14H16N4O/c1-10-2-5-13(9-15-10)19-14-17-7-11(8-18-14)6-16-12-3-4-12/h2,5,7-9,12,16H,3-4,6H2,1H3. The molecule has 2 aromatic heterocycles. The average molecular weight is 256 g/mol. The molecule has 0 atom stereocenters. The van der Waals surface area contributed by atoms with Crippen molar-refractivity contribution in [2.24, 2.45) is 0 Å². The van der Waals surface area contributed by atoms with Gasteiger partial charge in [-0.15, -0.1) is 0 Å². The van der Waals surface area contributed by atoms with E-state index in [-0.39, 0.29) is 0 Å². The SMILES string of the molecule is Cc1ccc(Oc2ncc(CNC3CC3)cn2)cn1. The molecule has 1 N–H and O–H groups in total. The summed E-state index contributed by atoms with van der Waals surface area (Å²) in [7, 11) is 0. The van der Waals surface area contributed by atoms with Gasteiger partial charge in [0.05, 0.1) is 6.20 Å². The summed E-state index contributed by atoms with van der Waals surface area (Å²) in [5.74, 6) is 0.648. The van der Waals surface area contributed by atoms with Crippen molar-refractivity contribution in [3.05, 3.63) is 42.0 Å². The van der Waals surface area contributed by atoms with Gasteiger partial charge in [0.15, 0.2) is 0 Å². The minimum atomic E-state index is 0.348. The van der Waals surface area contributed by atoms with Crippen molar-refractivity contribution in [3.63, 3.8) is 0 Å².